The molecule has 1 atom stereocenters. The van der Waals surface area contributed by atoms with E-state index in [4.69, 9.17) is 4.74 Å². The number of amides is 1. The summed E-state index contributed by atoms with van der Waals surface area (Å²) in [6, 6.07) is 14.9. The third-order valence-electron chi connectivity index (χ3n) is 4.42. The van der Waals surface area contributed by atoms with Crippen molar-refractivity contribution in [3.05, 3.63) is 54.6 Å². The summed E-state index contributed by atoms with van der Waals surface area (Å²) in [6.07, 6.45) is -0.0310. The molecular weight excluding hydrogens is 456 g/mol. The fraction of sp³-hybridized carbons (Fsp3) is 0.250. The van der Waals surface area contributed by atoms with Crippen molar-refractivity contribution in [2.24, 2.45) is 0 Å². The summed E-state index contributed by atoms with van der Waals surface area (Å²) in [5.74, 6) is 0.757. The molecule has 31 heavy (non-hydrogen) atoms. The highest BCUT2D eigenvalue weighted by atomic mass is 32.2. The Morgan fingerprint density at radius 1 is 1.19 bits per heavy atom. The van der Waals surface area contributed by atoms with Crippen LogP contribution in [0.4, 0.5) is 10.8 Å². The van der Waals surface area contributed by atoms with Gasteiger partial charge in [0, 0.05) is 5.75 Å². The maximum atomic E-state index is 13.3. The normalized spacial score (nSPS) is 15.8. The number of thioether (sulfide) groups is 1. The molecular formula is C20H20N4O4S3. The summed E-state index contributed by atoms with van der Waals surface area (Å²) in [5, 5.41) is 11.1. The number of carbonyl (C=O) groups excluding carboxylic acids is 1. The summed E-state index contributed by atoms with van der Waals surface area (Å²) in [5.41, 5.74) is 0.393. The minimum Gasteiger partial charge on any atom is -0.476 e. The first-order valence-corrected chi connectivity index (χ1v) is 12.8. The van der Waals surface area contributed by atoms with Crippen LogP contribution in [0.25, 0.3) is 0 Å². The number of fused-ring (bicyclic) bond motifs is 1. The van der Waals surface area contributed by atoms with Crippen molar-refractivity contribution in [3.8, 4) is 5.75 Å². The Labute approximate surface area is 188 Å². The smallest absolute Gasteiger partial charge is 0.269 e. The quantitative estimate of drug-likeness (QED) is 0.410. The lowest BCUT2D eigenvalue weighted by molar-refractivity contribution is -0.122. The molecule has 0 fully saturated rings. The number of benzene rings is 2. The number of hydrogen-bond donors (Lipinski definition) is 1. The number of para-hydroxylation sites is 2. The molecule has 1 aliphatic heterocycles. The highest BCUT2D eigenvalue weighted by molar-refractivity contribution is 8.01. The molecule has 2 heterocycles. The number of sulfonamides is 1. The minimum atomic E-state index is -3.88. The number of hydrogen-bond acceptors (Lipinski definition) is 8. The standard InChI is InChI=1S/C20H20N4O4S3/c1-2-12-29-20-23-22-19(30-20)21-18(25)17-13-24(15-10-6-7-11-16(15)28-17)31(26,27)14-8-4-3-5-9-14/h3-11,17H,2,12-13H2,1H3,(H,21,22,25)/t17-/m0/s1. The van der Waals surface area contributed by atoms with E-state index < -0.39 is 22.0 Å². The van der Waals surface area contributed by atoms with E-state index in [2.05, 4.69) is 22.4 Å². The van der Waals surface area contributed by atoms with E-state index in [0.29, 0.717) is 16.6 Å². The average molecular weight is 477 g/mol. The van der Waals surface area contributed by atoms with Crippen LogP contribution in [0.15, 0.2) is 63.8 Å². The monoisotopic (exact) mass is 476 g/mol. The molecule has 1 aliphatic rings. The average Bonchev–Trinajstić information content (AvgIpc) is 3.24. The number of rotatable bonds is 7. The molecule has 0 spiro atoms. The van der Waals surface area contributed by atoms with Gasteiger partial charge in [-0.1, -0.05) is 60.4 Å². The molecule has 1 aromatic heterocycles. The Morgan fingerprint density at radius 3 is 2.71 bits per heavy atom. The van der Waals surface area contributed by atoms with Crippen molar-refractivity contribution < 1.29 is 17.9 Å². The van der Waals surface area contributed by atoms with Gasteiger partial charge in [-0.2, -0.15) is 0 Å². The van der Waals surface area contributed by atoms with Crippen molar-refractivity contribution in [1.82, 2.24) is 10.2 Å². The molecule has 8 nitrogen and oxygen atoms in total. The van der Waals surface area contributed by atoms with Crippen LogP contribution < -0.4 is 14.4 Å². The number of nitrogens with zero attached hydrogens (tertiary/aromatic N) is 3. The van der Waals surface area contributed by atoms with Crippen LogP contribution in [0, 0.1) is 0 Å². The van der Waals surface area contributed by atoms with Crippen LogP contribution >= 0.6 is 23.1 Å². The van der Waals surface area contributed by atoms with Gasteiger partial charge in [0.15, 0.2) is 10.4 Å². The van der Waals surface area contributed by atoms with Crippen molar-refractivity contribution >= 4 is 49.8 Å². The van der Waals surface area contributed by atoms with Gasteiger partial charge in [-0.15, -0.1) is 10.2 Å². The Kier molecular flexibility index (Phi) is 6.44. The second-order valence-electron chi connectivity index (χ2n) is 6.63. The summed E-state index contributed by atoms with van der Waals surface area (Å²) in [4.78, 5) is 13.0. The molecule has 11 heteroatoms. The van der Waals surface area contributed by atoms with Gasteiger partial charge in [0.05, 0.1) is 17.1 Å². The summed E-state index contributed by atoms with van der Waals surface area (Å²) in [6.45, 7) is 1.92. The van der Waals surface area contributed by atoms with E-state index in [1.807, 2.05) is 0 Å². The highest BCUT2D eigenvalue weighted by Crippen LogP contribution is 2.37. The Morgan fingerprint density at radius 2 is 1.94 bits per heavy atom. The number of ether oxygens (including phenoxy) is 1. The Bertz CT molecular complexity index is 1170. The molecule has 0 bridgehead atoms. The van der Waals surface area contributed by atoms with Crippen molar-refractivity contribution in [1.29, 1.82) is 0 Å². The van der Waals surface area contributed by atoms with Gasteiger partial charge >= 0.3 is 0 Å². The van der Waals surface area contributed by atoms with Crippen LogP contribution in [0.3, 0.4) is 0 Å². The summed E-state index contributed by atoms with van der Waals surface area (Å²) >= 11 is 2.85. The lowest BCUT2D eigenvalue weighted by atomic mass is 10.2. The van der Waals surface area contributed by atoms with Gasteiger partial charge < -0.3 is 4.74 Å². The maximum absolute atomic E-state index is 13.3. The first-order valence-electron chi connectivity index (χ1n) is 9.59. The van der Waals surface area contributed by atoms with Gasteiger partial charge in [0.2, 0.25) is 5.13 Å². The summed E-state index contributed by atoms with van der Waals surface area (Å²) < 4.78 is 34.4. The molecule has 0 unspecified atom stereocenters. The predicted octanol–water partition coefficient (Wildman–Crippen LogP) is 3.64. The molecule has 1 N–H and O–H groups in total. The van der Waals surface area contributed by atoms with Crippen molar-refractivity contribution in [3.63, 3.8) is 0 Å². The number of carbonyl (C=O) groups is 1. The Balaban J connectivity index is 1.58. The van der Waals surface area contributed by atoms with Crippen molar-refractivity contribution in [2.45, 2.75) is 28.7 Å². The van der Waals surface area contributed by atoms with E-state index in [9.17, 15) is 13.2 Å². The van der Waals surface area contributed by atoms with Crippen LogP contribution in [0.1, 0.15) is 13.3 Å². The molecule has 0 saturated carbocycles. The van der Waals surface area contributed by atoms with Gasteiger partial charge in [0.1, 0.15) is 5.75 Å². The zero-order valence-electron chi connectivity index (χ0n) is 16.6. The number of anilines is 2. The Hall–Kier alpha value is -2.63. The maximum Gasteiger partial charge on any atom is 0.269 e. The molecule has 4 rings (SSSR count). The second-order valence-corrected chi connectivity index (χ2v) is 10.8. The number of nitrogens with one attached hydrogen (secondary N) is 1. The zero-order chi connectivity index (χ0) is 21.8. The molecule has 0 radical (unpaired) electrons. The first-order chi connectivity index (χ1) is 15.0. The molecule has 162 valence electrons. The van der Waals surface area contributed by atoms with E-state index in [0.717, 1.165) is 16.5 Å². The lowest BCUT2D eigenvalue weighted by Gasteiger charge is -2.34. The van der Waals surface area contributed by atoms with Crippen LogP contribution in [-0.2, 0) is 14.8 Å². The van der Waals surface area contributed by atoms with Crippen LogP contribution in [-0.4, -0.2) is 42.9 Å². The van der Waals surface area contributed by atoms with Gasteiger partial charge in [-0.05, 0) is 30.7 Å². The van der Waals surface area contributed by atoms with E-state index in [1.165, 1.54) is 27.8 Å². The van der Waals surface area contributed by atoms with E-state index in [1.54, 1.807) is 54.2 Å². The highest BCUT2D eigenvalue weighted by Gasteiger charge is 2.37. The minimum absolute atomic E-state index is 0.146. The molecule has 2 aromatic carbocycles. The summed E-state index contributed by atoms with van der Waals surface area (Å²) in [7, 11) is -3.88. The molecule has 3 aromatic rings. The van der Waals surface area contributed by atoms with E-state index in [-0.39, 0.29) is 11.4 Å². The zero-order valence-corrected chi connectivity index (χ0v) is 19.0. The molecule has 1 amide bonds. The molecule has 0 saturated heterocycles. The van der Waals surface area contributed by atoms with Crippen molar-refractivity contribution in [2.75, 3.05) is 21.9 Å². The van der Waals surface area contributed by atoms with Gasteiger partial charge in [-0.25, -0.2) is 8.42 Å². The van der Waals surface area contributed by atoms with Gasteiger partial charge in [0.25, 0.3) is 15.9 Å². The fourth-order valence-electron chi connectivity index (χ4n) is 2.98. The van der Waals surface area contributed by atoms with Gasteiger partial charge in [-0.3, -0.25) is 14.4 Å². The third kappa shape index (κ3) is 4.68. The number of aromatic nitrogens is 2. The topological polar surface area (TPSA) is 101 Å². The van der Waals surface area contributed by atoms with Crippen LogP contribution in [0.2, 0.25) is 0 Å². The molecule has 0 aliphatic carbocycles. The predicted molar refractivity (Wildman–Crippen MR) is 121 cm³/mol. The fourth-order valence-corrected chi connectivity index (χ4v) is 6.16. The van der Waals surface area contributed by atoms with Crippen LogP contribution in [0.5, 0.6) is 5.75 Å². The third-order valence-corrected chi connectivity index (χ3v) is 8.40. The largest absolute Gasteiger partial charge is 0.476 e. The lowest BCUT2D eigenvalue weighted by Crippen LogP contribution is -2.48. The SMILES string of the molecule is CCCSc1nnc(NC(=O)[C@@H]2CN(S(=O)(=O)c3ccccc3)c3ccccc3O2)s1. The van der Waals surface area contributed by atoms with E-state index >= 15 is 0 Å². The first kappa shape index (κ1) is 21.6. The second kappa shape index (κ2) is 9.25.